The average molecular weight is 215 g/mol. The molecule has 0 saturated carbocycles. The van der Waals surface area contributed by atoms with Crippen molar-refractivity contribution in [3.8, 4) is 0 Å². The van der Waals surface area contributed by atoms with Crippen LogP contribution >= 0.6 is 0 Å². The highest BCUT2D eigenvalue weighted by atomic mass is 16.5. The molecule has 0 aliphatic heterocycles. The van der Waals surface area contributed by atoms with E-state index in [0.717, 1.165) is 0 Å². The number of esters is 1. The van der Waals surface area contributed by atoms with Crippen molar-refractivity contribution in [1.82, 2.24) is 4.90 Å². The Labute approximate surface area is 93.8 Å². The van der Waals surface area contributed by atoms with Crippen molar-refractivity contribution in [2.75, 3.05) is 14.1 Å². The van der Waals surface area contributed by atoms with Crippen LogP contribution < -0.4 is 0 Å². The Morgan fingerprint density at radius 3 is 1.80 bits per heavy atom. The maximum atomic E-state index is 11.9. The standard InChI is InChI=1S/C12H25NO2/c1-8(2)10(5)11(13(6)7)12(14)15-9(3)4/h8-11H,1-7H3. The van der Waals surface area contributed by atoms with Crippen molar-refractivity contribution in [2.45, 2.75) is 46.8 Å². The summed E-state index contributed by atoms with van der Waals surface area (Å²) in [4.78, 5) is 13.8. The molecule has 3 heteroatoms. The fraction of sp³-hybridized carbons (Fsp3) is 0.917. The van der Waals surface area contributed by atoms with E-state index in [1.165, 1.54) is 0 Å². The van der Waals surface area contributed by atoms with Crippen LogP contribution in [-0.2, 0) is 9.53 Å². The van der Waals surface area contributed by atoms with Gasteiger partial charge in [-0.25, -0.2) is 0 Å². The summed E-state index contributed by atoms with van der Waals surface area (Å²) in [5.74, 6) is 0.652. The topological polar surface area (TPSA) is 29.5 Å². The molecular formula is C12H25NO2. The van der Waals surface area contributed by atoms with Gasteiger partial charge in [-0.3, -0.25) is 9.69 Å². The molecule has 0 aliphatic carbocycles. The lowest BCUT2D eigenvalue weighted by molar-refractivity contribution is -0.155. The molecule has 15 heavy (non-hydrogen) atoms. The molecule has 0 amide bonds. The largest absolute Gasteiger partial charge is 0.462 e. The molecule has 0 radical (unpaired) electrons. The molecule has 2 atom stereocenters. The number of hydrogen-bond acceptors (Lipinski definition) is 3. The van der Waals surface area contributed by atoms with Crippen LogP contribution in [0.25, 0.3) is 0 Å². The normalized spacial score (nSPS) is 15.9. The summed E-state index contributed by atoms with van der Waals surface area (Å²) in [6.45, 7) is 10.1. The van der Waals surface area contributed by atoms with Crippen molar-refractivity contribution in [1.29, 1.82) is 0 Å². The van der Waals surface area contributed by atoms with E-state index in [-0.39, 0.29) is 18.1 Å². The van der Waals surface area contributed by atoms with Gasteiger partial charge >= 0.3 is 5.97 Å². The molecule has 0 aromatic rings. The third-order valence-electron chi connectivity index (χ3n) is 2.70. The lowest BCUT2D eigenvalue weighted by Crippen LogP contribution is -2.44. The molecule has 0 fully saturated rings. The minimum Gasteiger partial charge on any atom is -0.462 e. The summed E-state index contributed by atoms with van der Waals surface area (Å²) in [6, 6.07) is -0.146. The Balaban J connectivity index is 4.59. The van der Waals surface area contributed by atoms with Gasteiger partial charge in [-0.15, -0.1) is 0 Å². The summed E-state index contributed by atoms with van der Waals surface area (Å²) < 4.78 is 5.26. The molecule has 0 aliphatic rings. The fourth-order valence-corrected chi connectivity index (χ4v) is 1.56. The highest BCUT2D eigenvalue weighted by molar-refractivity contribution is 5.76. The molecule has 90 valence electrons. The Morgan fingerprint density at radius 1 is 1.07 bits per heavy atom. The summed E-state index contributed by atoms with van der Waals surface area (Å²) in [5.41, 5.74) is 0. The van der Waals surface area contributed by atoms with E-state index in [0.29, 0.717) is 11.8 Å². The molecular weight excluding hydrogens is 190 g/mol. The highest BCUT2D eigenvalue weighted by Gasteiger charge is 2.30. The molecule has 3 nitrogen and oxygen atoms in total. The summed E-state index contributed by atoms with van der Waals surface area (Å²) >= 11 is 0. The van der Waals surface area contributed by atoms with E-state index in [1.807, 2.05) is 32.8 Å². The number of likely N-dealkylation sites (N-methyl/N-ethyl adjacent to an activating group) is 1. The van der Waals surface area contributed by atoms with Crippen LogP contribution in [0.3, 0.4) is 0 Å². The second kappa shape index (κ2) is 6.11. The third-order valence-corrected chi connectivity index (χ3v) is 2.70. The van der Waals surface area contributed by atoms with Gasteiger partial charge < -0.3 is 4.74 Å². The average Bonchev–Trinajstić information content (AvgIpc) is 2.01. The first-order valence-corrected chi connectivity index (χ1v) is 5.64. The first-order chi connectivity index (χ1) is 6.77. The summed E-state index contributed by atoms with van der Waals surface area (Å²) in [5, 5.41) is 0. The maximum absolute atomic E-state index is 11.9. The summed E-state index contributed by atoms with van der Waals surface area (Å²) in [6.07, 6.45) is -0.0423. The molecule has 0 bridgehead atoms. The van der Waals surface area contributed by atoms with E-state index in [1.54, 1.807) is 0 Å². The van der Waals surface area contributed by atoms with Crippen LogP contribution in [0.1, 0.15) is 34.6 Å². The Hall–Kier alpha value is -0.570. The van der Waals surface area contributed by atoms with Gasteiger partial charge in [0.05, 0.1) is 6.10 Å². The SMILES string of the molecule is CC(C)OC(=O)C(C(C)C(C)C)N(C)C. The number of carbonyl (C=O) groups excluding carboxylic acids is 1. The smallest absolute Gasteiger partial charge is 0.323 e. The van der Waals surface area contributed by atoms with Crippen molar-refractivity contribution < 1.29 is 9.53 Å². The fourth-order valence-electron chi connectivity index (χ4n) is 1.56. The minimum atomic E-state index is -0.146. The lowest BCUT2D eigenvalue weighted by Gasteiger charge is -2.31. The van der Waals surface area contributed by atoms with E-state index in [9.17, 15) is 4.79 Å². The van der Waals surface area contributed by atoms with E-state index < -0.39 is 0 Å². The molecule has 0 rings (SSSR count). The Morgan fingerprint density at radius 2 is 1.53 bits per heavy atom. The first-order valence-electron chi connectivity index (χ1n) is 5.64. The van der Waals surface area contributed by atoms with E-state index in [2.05, 4.69) is 20.8 Å². The van der Waals surface area contributed by atoms with E-state index in [4.69, 9.17) is 4.74 Å². The molecule has 0 spiro atoms. The van der Waals surface area contributed by atoms with Crippen molar-refractivity contribution in [3.05, 3.63) is 0 Å². The van der Waals surface area contributed by atoms with Gasteiger partial charge in [0.1, 0.15) is 6.04 Å². The van der Waals surface area contributed by atoms with Crippen LogP contribution in [0.15, 0.2) is 0 Å². The zero-order chi connectivity index (χ0) is 12.2. The minimum absolute atomic E-state index is 0.0423. The van der Waals surface area contributed by atoms with Crippen LogP contribution in [0.2, 0.25) is 0 Å². The molecule has 0 heterocycles. The third kappa shape index (κ3) is 4.65. The molecule has 2 unspecified atom stereocenters. The van der Waals surface area contributed by atoms with Gasteiger partial charge in [-0.2, -0.15) is 0 Å². The maximum Gasteiger partial charge on any atom is 0.323 e. The van der Waals surface area contributed by atoms with Gasteiger partial charge in [-0.05, 0) is 39.8 Å². The van der Waals surface area contributed by atoms with Crippen LogP contribution in [0, 0.1) is 11.8 Å². The zero-order valence-electron chi connectivity index (χ0n) is 11.1. The lowest BCUT2D eigenvalue weighted by atomic mass is 9.89. The second-order valence-corrected chi connectivity index (χ2v) is 5.00. The first kappa shape index (κ1) is 14.4. The zero-order valence-corrected chi connectivity index (χ0v) is 11.1. The Bertz CT molecular complexity index is 200. The quantitative estimate of drug-likeness (QED) is 0.658. The van der Waals surface area contributed by atoms with Gasteiger partial charge in [-0.1, -0.05) is 20.8 Å². The highest BCUT2D eigenvalue weighted by Crippen LogP contribution is 2.19. The number of rotatable bonds is 5. The van der Waals surface area contributed by atoms with Crippen LogP contribution in [0.4, 0.5) is 0 Å². The van der Waals surface area contributed by atoms with Gasteiger partial charge in [0, 0.05) is 0 Å². The molecule has 0 aromatic carbocycles. The number of hydrogen-bond donors (Lipinski definition) is 0. The van der Waals surface area contributed by atoms with Crippen molar-refractivity contribution in [2.24, 2.45) is 11.8 Å². The monoisotopic (exact) mass is 215 g/mol. The summed E-state index contributed by atoms with van der Waals surface area (Å²) in [7, 11) is 3.84. The number of nitrogens with zero attached hydrogens (tertiary/aromatic N) is 1. The van der Waals surface area contributed by atoms with Gasteiger partial charge in [0.15, 0.2) is 0 Å². The Kier molecular flexibility index (Phi) is 5.88. The van der Waals surface area contributed by atoms with Crippen LogP contribution in [-0.4, -0.2) is 37.1 Å². The van der Waals surface area contributed by atoms with Gasteiger partial charge in [0.25, 0.3) is 0 Å². The van der Waals surface area contributed by atoms with Gasteiger partial charge in [0.2, 0.25) is 0 Å². The predicted molar refractivity (Wildman–Crippen MR) is 62.7 cm³/mol. The predicted octanol–water partition coefficient (Wildman–Crippen LogP) is 2.16. The molecule has 0 aromatic heterocycles. The second-order valence-electron chi connectivity index (χ2n) is 5.00. The molecule has 0 N–H and O–H groups in total. The van der Waals surface area contributed by atoms with Crippen LogP contribution in [0.5, 0.6) is 0 Å². The number of carbonyl (C=O) groups is 1. The van der Waals surface area contributed by atoms with E-state index >= 15 is 0 Å². The molecule has 0 saturated heterocycles. The number of ether oxygens (including phenoxy) is 1. The van der Waals surface area contributed by atoms with Crippen molar-refractivity contribution >= 4 is 5.97 Å². The van der Waals surface area contributed by atoms with Crippen molar-refractivity contribution in [3.63, 3.8) is 0 Å².